The van der Waals surface area contributed by atoms with E-state index in [4.69, 9.17) is 10.7 Å². The average Bonchev–Trinajstić information content (AvgIpc) is 2.77. The number of alkyl halides is 2. The fourth-order valence-electron chi connectivity index (χ4n) is 1.48. The second-order valence-electron chi connectivity index (χ2n) is 3.64. The van der Waals surface area contributed by atoms with Crippen LogP contribution in [0.4, 0.5) is 13.2 Å². The van der Waals surface area contributed by atoms with E-state index in [0.29, 0.717) is 5.56 Å². The molecule has 0 fully saturated rings. The second-order valence-corrected chi connectivity index (χ2v) is 5.37. The molecule has 2 aromatic rings. The van der Waals surface area contributed by atoms with Crippen molar-refractivity contribution >= 4 is 20.7 Å². The molecule has 1 aromatic carbocycles. The number of aromatic nitrogens is 3. The topological polar surface area (TPSA) is 47.8 Å². The highest BCUT2D eigenvalue weighted by Crippen LogP contribution is 2.23. The molecule has 2 rings (SSSR count). The molecule has 9 heteroatoms. The first-order valence-electron chi connectivity index (χ1n) is 4.98. The summed E-state index contributed by atoms with van der Waals surface area (Å²) in [7, 11) is 3.62. The number of halogens is 4. The highest BCUT2D eigenvalue weighted by atomic mass is 35.7. The molecule has 0 bridgehead atoms. The summed E-state index contributed by atoms with van der Waals surface area (Å²) in [4.78, 5) is 3.54. The van der Waals surface area contributed by atoms with E-state index in [1.165, 1.54) is 13.0 Å². The molecule has 0 aliphatic rings. The Labute approximate surface area is 113 Å². The first-order valence-corrected chi connectivity index (χ1v) is 6.96. The van der Waals surface area contributed by atoms with Crippen molar-refractivity contribution in [2.45, 2.75) is 18.2 Å². The van der Waals surface area contributed by atoms with Gasteiger partial charge in [0.05, 0.1) is 4.90 Å². The zero-order chi connectivity index (χ0) is 14.2. The lowest BCUT2D eigenvalue weighted by Gasteiger charge is -2.07. The largest absolute Gasteiger partial charge is 0.299 e. The maximum Gasteiger partial charge on any atom is 0.299 e. The molecule has 0 spiro atoms. The number of nitrogens with zero attached hydrogens (tertiary/aromatic N) is 3. The van der Waals surface area contributed by atoms with Crippen LogP contribution in [0.15, 0.2) is 23.4 Å². The van der Waals surface area contributed by atoms with Crippen LogP contribution in [0.1, 0.15) is 17.8 Å². The number of aryl methyl sites for hydroxylation is 1. The molecule has 1 heterocycles. The van der Waals surface area contributed by atoms with Crippen molar-refractivity contribution in [1.82, 2.24) is 14.8 Å². The minimum atomic E-state index is -2.85. The van der Waals surface area contributed by atoms with Gasteiger partial charge in [-0.05, 0) is 35.3 Å². The van der Waals surface area contributed by atoms with Gasteiger partial charge >= 0.3 is 0 Å². The van der Waals surface area contributed by atoms with Gasteiger partial charge in [-0.25, -0.2) is 27.0 Å². The lowest BCUT2D eigenvalue weighted by atomic mass is 10.2. The minimum absolute atomic E-state index is 0.144. The van der Waals surface area contributed by atoms with Gasteiger partial charge in [-0.3, -0.25) is 0 Å². The van der Waals surface area contributed by atoms with Gasteiger partial charge in [-0.1, -0.05) is 0 Å². The lowest BCUT2D eigenvalue weighted by molar-refractivity contribution is 0.140. The maximum absolute atomic E-state index is 13.8. The van der Waals surface area contributed by atoms with Crippen molar-refractivity contribution in [3.05, 3.63) is 35.7 Å². The van der Waals surface area contributed by atoms with Crippen molar-refractivity contribution in [2.24, 2.45) is 0 Å². The van der Waals surface area contributed by atoms with Crippen molar-refractivity contribution in [3.8, 4) is 5.69 Å². The Morgan fingerprint density at radius 2 is 2.11 bits per heavy atom. The van der Waals surface area contributed by atoms with Gasteiger partial charge in [0.1, 0.15) is 27.8 Å². The van der Waals surface area contributed by atoms with Crippen LogP contribution in [0, 0.1) is 12.7 Å². The summed E-state index contributed by atoms with van der Waals surface area (Å²) in [5, 5.41) is 3.44. The van der Waals surface area contributed by atoms with Crippen molar-refractivity contribution < 1.29 is 17.4 Å². The number of hydrogen-bond acceptors (Lipinski definition) is 3. The van der Waals surface area contributed by atoms with E-state index in [2.05, 4.69) is 10.1 Å². The van der Waals surface area contributed by atoms with Crippen LogP contribution in [0.3, 0.4) is 0 Å². The molecule has 19 heavy (non-hydrogen) atoms. The summed E-state index contributed by atoms with van der Waals surface area (Å²) in [6.07, 6.45) is -1.90. The van der Waals surface area contributed by atoms with Gasteiger partial charge in [0.2, 0.25) is 5.82 Å². The molecule has 0 aliphatic carbocycles. The van der Waals surface area contributed by atoms with E-state index in [9.17, 15) is 17.4 Å². The second kappa shape index (κ2) is 5.30. The molecule has 4 nitrogen and oxygen atoms in total. The Morgan fingerprint density at radius 3 is 2.63 bits per heavy atom. The Morgan fingerprint density at radius 1 is 1.42 bits per heavy atom. The van der Waals surface area contributed by atoms with Gasteiger partial charge in [-0.15, -0.1) is 5.10 Å². The van der Waals surface area contributed by atoms with Crippen molar-refractivity contribution in [3.63, 3.8) is 0 Å². The first-order chi connectivity index (χ1) is 8.90. The van der Waals surface area contributed by atoms with Crippen LogP contribution < -0.4 is 0 Å². The number of hydrogen-bond donors (Lipinski definition) is 0. The van der Waals surface area contributed by atoms with E-state index >= 15 is 0 Å². The Hall–Kier alpha value is -1.41. The maximum atomic E-state index is 13.8. The van der Waals surface area contributed by atoms with Gasteiger partial charge in [0.25, 0.3) is 6.43 Å². The molecule has 0 aliphatic heterocycles. The van der Waals surface area contributed by atoms with E-state index < -0.39 is 28.1 Å². The van der Waals surface area contributed by atoms with Gasteiger partial charge in [-0.2, -0.15) is 0 Å². The molecule has 0 saturated heterocycles. The summed E-state index contributed by atoms with van der Waals surface area (Å²) < 4.78 is 50.6. The zero-order valence-electron chi connectivity index (χ0n) is 9.48. The molecule has 1 unspecified atom stereocenters. The molecule has 0 saturated carbocycles. The third-order valence-electron chi connectivity index (χ3n) is 2.37. The molecule has 1 atom stereocenters. The highest BCUT2D eigenvalue weighted by molar-refractivity contribution is 8.08. The summed E-state index contributed by atoms with van der Waals surface area (Å²) in [6.45, 7) is 1.54. The minimum Gasteiger partial charge on any atom is -0.237 e. The Balaban J connectivity index is 2.54. The number of benzene rings is 1. The summed E-state index contributed by atoms with van der Waals surface area (Å²) in [5.74, 6) is -1.41. The van der Waals surface area contributed by atoms with Crippen LogP contribution in [-0.4, -0.2) is 19.0 Å². The predicted octanol–water partition coefficient (Wildman–Crippen LogP) is 2.91. The van der Waals surface area contributed by atoms with Crippen molar-refractivity contribution in [1.29, 1.82) is 0 Å². The monoisotopic (exact) mass is 309 g/mol. The SMILES string of the molecule is Cc1cc(F)c(-n2cnc(C(F)F)n2)cc1S(=O)Cl. The third kappa shape index (κ3) is 2.79. The number of rotatable bonds is 3. The van der Waals surface area contributed by atoms with E-state index in [1.54, 1.807) is 0 Å². The van der Waals surface area contributed by atoms with Gasteiger partial charge in [0.15, 0.2) is 0 Å². The quantitative estimate of drug-likeness (QED) is 0.819. The normalized spacial score (nSPS) is 12.9. The fourth-order valence-corrected chi connectivity index (χ4v) is 2.50. The van der Waals surface area contributed by atoms with Crippen LogP contribution in [0.5, 0.6) is 0 Å². The van der Waals surface area contributed by atoms with Crippen LogP contribution in [-0.2, 0) is 10.0 Å². The summed E-state index contributed by atoms with van der Waals surface area (Å²) in [6, 6.07) is 2.30. The molecule has 0 N–H and O–H groups in total. The smallest absolute Gasteiger partial charge is 0.237 e. The summed E-state index contributed by atoms with van der Waals surface area (Å²) >= 11 is 0. The standard InChI is InChI=1S/C10H7ClF3N3OS/c1-5-2-6(12)7(3-8(5)19(11)18)17-4-15-10(16-17)9(13)14/h2-4,9H,1H3. The van der Waals surface area contributed by atoms with Crippen LogP contribution in [0.2, 0.25) is 0 Å². The van der Waals surface area contributed by atoms with Crippen LogP contribution >= 0.6 is 10.7 Å². The molecular formula is C10H7ClF3N3OS. The molecule has 0 amide bonds. The van der Waals surface area contributed by atoms with Crippen LogP contribution in [0.25, 0.3) is 5.69 Å². The Bertz CT molecular complexity index is 647. The predicted molar refractivity (Wildman–Crippen MR) is 63.3 cm³/mol. The molecular weight excluding hydrogens is 303 g/mol. The van der Waals surface area contributed by atoms with E-state index in [-0.39, 0.29) is 10.6 Å². The van der Waals surface area contributed by atoms with Gasteiger partial charge < -0.3 is 0 Å². The molecule has 1 aromatic heterocycles. The third-order valence-corrected chi connectivity index (χ3v) is 3.65. The lowest BCUT2D eigenvalue weighted by Crippen LogP contribution is -2.02. The zero-order valence-corrected chi connectivity index (χ0v) is 11.1. The van der Waals surface area contributed by atoms with Gasteiger partial charge in [0, 0.05) is 0 Å². The Kier molecular flexibility index (Phi) is 3.91. The average molecular weight is 310 g/mol. The summed E-state index contributed by atoms with van der Waals surface area (Å²) in [5.41, 5.74) is 0.248. The fraction of sp³-hybridized carbons (Fsp3) is 0.200. The first kappa shape index (κ1) is 14.0. The molecule has 102 valence electrons. The molecule has 0 radical (unpaired) electrons. The van der Waals surface area contributed by atoms with E-state index in [1.807, 2.05) is 0 Å². The van der Waals surface area contributed by atoms with Crippen molar-refractivity contribution in [2.75, 3.05) is 0 Å². The highest BCUT2D eigenvalue weighted by Gasteiger charge is 2.17. The van der Waals surface area contributed by atoms with E-state index in [0.717, 1.165) is 17.1 Å².